The molecule has 0 atom stereocenters. The van der Waals surface area contributed by atoms with Crippen molar-refractivity contribution in [1.29, 1.82) is 0 Å². The van der Waals surface area contributed by atoms with Crippen molar-refractivity contribution in [2.75, 3.05) is 7.11 Å². The molecule has 0 bridgehead atoms. The average Bonchev–Trinajstić information content (AvgIpc) is 2.85. The lowest BCUT2D eigenvalue weighted by Crippen LogP contribution is -1.96. The van der Waals surface area contributed by atoms with Gasteiger partial charge in [0, 0.05) is 16.9 Å². The summed E-state index contributed by atoms with van der Waals surface area (Å²) in [4.78, 5) is 8.40. The van der Waals surface area contributed by atoms with E-state index in [2.05, 4.69) is 70.9 Å². The van der Waals surface area contributed by atoms with Crippen molar-refractivity contribution < 1.29 is 4.74 Å². The molecule has 0 amide bonds. The number of aromatic nitrogens is 1. The van der Waals surface area contributed by atoms with E-state index in [1.54, 1.807) is 19.5 Å². The van der Waals surface area contributed by atoms with Gasteiger partial charge in [0.1, 0.15) is 5.75 Å². The Labute approximate surface area is 209 Å². The van der Waals surface area contributed by atoms with Crippen LogP contribution in [-0.2, 0) is 6.42 Å². The molecule has 33 heavy (non-hydrogen) atoms. The Hall–Kier alpha value is -2.72. The maximum Gasteiger partial charge on any atom is 0.118 e. The molecule has 0 aliphatic rings. The minimum Gasteiger partial charge on any atom is -0.497 e. The van der Waals surface area contributed by atoms with Crippen molar-refractivity contribution >= 4 is 21.6 Å². The predicted molar refractivity (Wildman–Crippen MR) is 149 cm³/mol. The van der Waals surface area contributed by atoms with Gasteiger partial charge in [0.15, 0.2) is 0 Å². The van der Waals surface area contributed by atoms with Crippen molar-refractivity contribution in [3.05, 3.63) is 106 Å². The zero-order valence-electron chi connectivity index (χ0n) is 21.4. The molecule has 0 saturated carbocycles. The molecule has 178 valence electrons. The first kappa shape index (κ1) is 30.3. The molecule has 0 spiro atoms. The third-order valence-corrected chi connectivity index (χ3v) is 4.79. The molecule has 0 fully saturated rings. The van der Waals surface area contributed by atoms with Crippen molar-refractivity contribution in [2.45, 2.75) is 54.9 Å². The van der Waals surface area contributed by atoms with Crippen molar-refractivity contribution in [3.63, 3.8) is 0 Å². The van der Waals surface area contributed by atoms with Crippen LogP contribution in [0.15, 0.2) is 88.6 Å². The number of benzene rings is 2. The average molecular weight is 512 g/mol. The number of ether oxygens (including phenoxy) is 1. The number of halogens is 1. The van der Waals surface area contributed by atoms with E-state index in [-0.39, 0.29) is 0 Å². The van der Waals surface area contributed by atoms with Crippen LogP contribution in [0.3, 0.4) is 0 Å². The maximum atomic E-state index is 4.97. The van der Waals surface area contributed by atoms with Gasteiger partial charge in [0.05, 0.1) is 18.5 Å². The van der Waals surface area contributed by atoms with E-state index in [4.69, 9.17) is 4.74 Å². The van der Waals surface area contributed by atoms with Crippen LogP contribution in [0.25, 0.3) is 0 Å². The first-order valence-electron chi connectivity index (χ1n) is 11.3. The fourth-order valence-corrected chi connectivity index (χ4v) is 2.69. The van der Waals surface area contributed by atoms with Gasteiger partial charge < -0.3 is 4.74 Å². The van der Waals surface area contributed by atoms with Gasteiger partial charge in [-0.05, 0) is 63.9 Å². The molecule has 0 aliphatic heterocycles. The van der Waals surface area contributed by atoms with Crippen LogP contribution < -0.4 is 4.74 Å². The minimum atomic E-state index is 0.896. The van der Waals surface area contributed by atoms with E-state index >= 15 is 0 Å². The van der Waals surface area contributed by atoms with Crippen LogP contribution in [0.4, 0.5) is 0 Å². The van der Waals surface area contributed by atoms with Crippen molar-refractivity contribution in [1.82, 2.24) is 4.98 Å². The molecular weight excluding hydrogens is 472 g/mol. The summed E-state index contributed by atoms with van der Waals surface area (Å²) in [5.41, 5.74) is 5.83. The summed E-state index contributed by atoms with van der Waals surface area (Å²) < 4.78 is 5.99. The quantitative estimate of drug-likeness (QED) is 0.328. The molecule has 3 aromatic rings. The van der Waals surface area contributed by atoms with Gasteiger partial charge in [-0.3, -0.25) is 9.98 Å². The van der Waals surface area contributed by atoms with E-state index in [1.807, 2.05) is 70.2 Å². The molecule has 1 heterocycles. The smallest absolute Gasteiger partial charge is 0.118 e. The first-order chi connectivity index (χ1) is 15.9. The molecule has 2 aromatic carbocycles. The van der Waals surface area contributed by atoms with Crippen LogP contribution in [0.2, 0.25) is 0 Å². The number of hydrogen-bond donors (Lipinski definition) is 0. The van der Waals surface area contributed by atoms with E-state index < -0.39 is 0 Å². The highest BCUT2D eigenvalue weighted by Crippen LogP contribution is 2.10. The molecule has 1 aromatic heterocycles. The monoisotopic (exact) mass is 510 g/mol. The van der Waals surface area contributed by atoms with E-state index in [0.29, 0.717) is 0 Å². The summed E-state index contributed by atoms with van der Waals surface area (Å²) in [6.07, 6.45) is 6.55. The van der Waals surface area contributed by atoms with E-state index in [1.165, 1.54) is 16.7 Å². The minimum absolute atomic E-state index is 0.896. The molecular formula is C29H39BrN2O. The topological polar surface area (TPSA) is 34.5 Å². The highest BCUT2D eigenvalue weighted by molar-refractivity contribution is 9.10. The Balaban J connectivity index is 0.000000458. The summed E-state index contributed by atoms with van der Waals surface area (Å²) in [5, 5.41) is 0. The SMILES string of the molecule is C/C=C\N=C(C)c1cc(Br)ccn1.CC.CCc1ccc(C)cc1.COc1ccc(C)cc1. The Morgan fingerprint density at radius 2 is 1.52 bits per heavy atom. The van der Waals surface area contributed by atoms with Crippen LogP contribution in [0.5, 0.6) is 5.75 Å². The molecule has 0 radical (unpaired) electrons. The molecule has 0 saturated heterocycles. The number of aryl methyl sites for hydroxylation is 3. The summed E-state index contributed by atoms with van der Waals surface area (Å²) >= 11 is 3.39. The fraction of sp³-hybridized carbons (Fsp3) is 0.310. The third kappa shape index (κ3) is 14.1. The van der Waals surface area contributed by atoms with Crippen LogP contribution >= 0.6 is 15.9 Å². The molecule has 3 nitrogen and oxygen atoms in total. The van der Waals surface area contributed by atoms with Crippen LogP contribution in [0.1, 0.15) is 57.0 Å². The predicted octanol–water partition coefficient (Wildman–Crippen LogP) is 8.77. The Bertz CT molecular complexity index is 901. The molecule has 0 N–H and O–H groups in total. The Morgan fingerprint density at radius 1 is 0.970 bits per heavy atom. The van der Waals surface area contributed by atoms with Crippen molar-refractivity contribution in [2.24, 2.45) is 4.99 Å². The van der Waals surface area contributed by atoms with Gasteiger partial charge >= 0.3 is 0 Å². The molecule has 3 rings (SSSR count). The Kier molecular flexibility index (Phi) is 17.3. The summed E-state index contributed by atoms with van der Waals surface area (Å²) in [5.74, 6) is 0.917. The van der Waals surface area contributed by atoms with Gasteiger partial charge in [-0.1, -0.05) is 90.3 Å². The molecule has 0 unspecified atom stereocenters. The zero-order valence-corrected chi connectivity index (χ0v) is 23.0. The highest BCUT2D eigenvalue weighted by Gasteiger charge is 1.97. The van der Waals surface area contributed by atoms with Crippen LogP contribution in [-0.4, -0.2) is 17.8 Å². The van der Waals surface area contributed by atoms with E-state index in [9.17, 15) is 0 Å². The second kappa shape index (κ2) is 18.8. The second-order valence-electron chi connectivity index (χ2n) is 6.91. The van der Waals surface area contributed by atoms with Gasteiger partial charge in [0.2, 0.25) is 0 Å². The summed E-state index contributed by atoms with van der Waals surface area (Å²) in [6, 6.07) is 20.5. The first-order valence-corrected chi connectivity index (χ1v) is 12.1. The summed E-state index contributed by atoms with van der Waals surface area (Å²) in [7, 11) is 1.67. The normalized spacial score (nSPS) is 10.2. The van der Waals surface area contributed by atoms with Gasteiger partial charge in [0.25, 0.3) is 0 Å². The van der Waals surface area contributed by atoms with Gasteiger partial charge in [-0.25, -0.2) is 0 Å². The largest absolute Gasteiger partial charge is 0.497 e. The second-order valence-corrected chi connectivity index (χ2v) is 7.83. The third-order valence-electron chi connectivity index (χ3n) is 4.30. The summed E-state index contributed by atoms with van der Waals surface area (Å²) in [6.45, 7) is 14.2. The zero-order chi connectivity index (χ0) is 25.1. The highest BCUT2D eigenvalue weighted by atomic mass is 79.9. The molecule has 0 aliphatic carbocycles. The van der Waals surface area contributed by atoms with Gasteiger partial charge in [-0.15, -0.1) is 0 Å². The number of allylic oxidation sites excluding steroid dienone is 1. The van der Waals surface area contributed by atoms with Crippen LogP contribution in [0, 0.1) is 13.8 Å². The molecule has 4 heteroatoms. The maximum absolute atomic E-state index is 4.97. The van der Waals surface area contributed by atoms with Crippen molar-refractivity contribution in [3.8, 4) is 5.75 Å². The lowest BCUT2D eigenvalue weighted by molar-refractivity contribution is 0.414. The van der Waals surface area contributed by atoms with E-state index in [0.717, 1.165) is 28.0 Å². The standard InChI is InChI=1S/C10H11BrN2.C9H12.C8H10O.C2H6/c1-3-5-12-8(2)10-7-9(11)4-6-13-10;1-3-9-6-4-8(2)5-7-9;1-7-3-5-8(9-2)6-4-7;1-2/h3-7H,1-2H3;4-7H,3H2,1-2H3;3-6H,1-2H3;1-2H3/b5-3-,12-8?;;;. The number of aliphatic imine (C=N–C) groups is 1. The lowest BCUT2D eigenvalue weighted by atomic mass is 10.1. The number of rotatable bonds is 4. The van der Waals surface area contributed by atoms with Gasteiger partial charge in [-0.2, -0.15) is 0 Å². The Morgan fingerprint density at radius 3 is 1.97 bits per heavy atom. The number of methoxy groups -OCH3 is 1. The number of pyridine rings is 1. The number of nitrogens with zero attached hydrogens (tertiary/aromatic N) is 2. The lowest BCUT2D eigenvalue weighted by Gasteiger charge is -1.97. The fourth-order valence-electron chi connectivity index (χ4n) is 2.35. The number of hydrogen-bond acceptors (Lipinski definition) is 3.